The summed E-state index contributed by atoms with van der Waals surface area (Å²) in [6.07, 6.45) is 0. The van der Waals surface area contributed by atoms with Crippen molar-refractivity contribution >= 4 is 9.84 Å². The standard InChI is InChI=1S/C30H30O4S/c1-21-6-17-28(18-7-21)35(31,32)29-19-16-27(20-22(29)2)34-26-14-10-24(11-15-26)30(3,4)23-8-12-25(33-5)13-9-23/h6-20H,1-5H3. The molecule has 0 atom stereocenters. The van der Waals surface area contributed by atoms with Gasteiger partial charge in [0.2, 0.25) is 9.84 Å². The van der Waals surface area contributed by atoms with E-state index in [1.54, 1.807) is 56.5 Å². The average molecular weight is 487 g/mol. The van der Waals surface area contributed by atoms with E-state index in [4.69, 9.17) is 9.47 Å². The largest absolute Gasteiger partial charge is 0.497 e. The average Bonchev–Trinajstić information content (AvgIpc) is 2.84. The summed E-state index contributed by atoms with van der Waals surface area (Å²) in [5.74, 6) is 2.11. The first-order valence-corrected chi connectivity index (χ1v) is 12.9. The van der Waals surface area contributed by atoms with E-state index in [0.29, 0.717) is 17.1 Å². The zero-order valence-electron chi connectivity index (χ0n) is 20.7. The van der Waals surface area contributed by atoms with Crippen LogP contribution >= 0.6 is 0 Å². The molecule has 0 radical (unpaired) electrons. The number of ether oxygens (including phenoxy) is 2. The van der Waals surface area contributed by atoms with E-state index in [-0.39, 0.29) is 15.2 Å². The maximum absolute atomic E-state index is 13.1. The molecule has 5 heteroatoms. The van der Waals surface area contributed by atoms with Crippen LogP contribution in [-0.2, 0) is 15.3 Å². The fourth-order valence-electron chi connectivity index (χ4n) is 4.08. The van der Waals surface area contributed by atoms with Gasteiger partial charge in [-0.25, -0.2) is 8.42 Å². The molecule has 0 bridgehead atoms. The van der Waals surface area contributed by atoms with Crippen molar-refractivity contribution in [2.75, 3.05) is 7.11 Å². The quantitative estimate of drug-likeness (QED) is 0.276. The number of benzene rings is 4. The summed E-state index contributed by atoms with van der Waals surface area (Å²) in [6.45, 7) is 8.08. The molecule has 4 nitrogen and oxygen atoms in total. The smallest absolute Gasteiger partial charge is 0.206 e. The third kappa shape index (κ3) is 5.10. The van der Waals surface area contributed by atoms with Crippen molar-refractivity contribution in [2.24, 2.45) is 0 Å². The molecule has 0 aliphatic carbocycles. The van der Waals surface area contributed by atoms with Crippen LogP contribution in [-0.4, -0.2) is 15.5 Å². The first kappa shape index (κ1) is 24.6. The molecule has 0 spiro atoms. The lowest BCUT2D eigenvalue weighted by atomic mass is 9.78. The zero-order chi connectivity index (χ0) is 25.2. The van der Waals surface area contributed by atoms with Crippen LogP contribution < -0.4 is 9.47 Å². The Balaban J connectivity index is 1.53. The highest BCUT2D eigenvalue weighted by Gasteiger charge is 2.23. The minimum absolute atomic E-state index is 0.187. The topological polar surface area (TPSA) is 52.6 Å². The third-order valence-electron chi connectivity index (χ3n) is 6.39. The summed E-state index contributed by atoms with van der Waals surface area (Å²) in [7, 11) is -1.93. The van der Waals surface area contributed by atoms with E-state index in [9.17, 15) is 8.42 Å². The van der Waals surface area contributed by atoms with E-state index in [0.717, 1.165) is 16.9 Å². The second-order valence-electron chi connectivity index (χ2n) is 9.22. The second kappa shape index (κ2) is 9.59. The minimum atomic E-state index is -3.59. The van der Waals surface area contributed by atoms with Gasteiger partial charge in [-0.2, -0.15) is 0 Å². The van der Waals surface area contributed by atoms with Crippen LogP contribution in [0.4, 0.5) is 0 Å². The van der Waals surface area contributed by atoms with Crippen molar-refractivity contribution < 1.29 is 17.9 Å². The summed E-state index contributed by atoms with van der Waals surface area (Å²) < 4.78 is 37.5. The van der Waals surface area contributed by atoms with E-state index in [2.05, 4.69) is 38.1 Å². The van der Waals surface area contributed by atoms with Gasteiger partial charge in [-0.05, 0) is 85.1 Å². The Labute approximate surface area is 208 Å². The molecular weight excluding hydrogens is 456 g/mol. The molecular formula is C30H30O4S. The molecule has 0 aliphatic rings. The summed E-state index contributed by atoms with van der Waals surface area (Å²) in [4.78, 5) is 0.570. The van der Waals surface area contributed by atoms with Crippen LogP contribution in [0.5, 0.6) is 17.2 Å². The van der Waals surface area contributed by atoms with Crippen LogP contribution in [0.1, 0.15) is 36.1 Å². The predicted octanol–water partition coefficient (Wildman–Crippen LogP) is 7.26. The fraction of sp³-hybridized carbons (Fsp3) is 0.200. The Morgan fingerprint density at radius 2 is 1.17 bits per heavy atom. The van der Waals surface area contributed by atoms with E-state index in [1.165, 1.54) is 5.56 Å². The molecule has 0 N–H and O–H groups in total. The molecule has 35 heavy (non-hydrogen) atoms. The van der Waals surface area contributed by atoms with Gasteiger partial charge in [0.05, 0.1) is 16.9 Å². The normalized spacial score (nSPS) is 11.8. The maximum atomic E-state index is 13.1. The summed E-state index contributed by atoms with van der Waals surface area (Å²) in [5.41, 5.74) is 3.81. The lowest BCUT2D eigenvalue weighted by molar-refractivity contribution is 0.414. The number of hydrogen-bond acceptors (Lipinski definition) is 4. The second-order valence-corrected chi connectivity index (χ2v) is 11.1. The molecule has 4 aromatic rings. The summed E-state index contributed by atoms with van der Waals surface area (Å²) >= 11 is 0. The SMILES string of the molecule is COc1ccc(C(C)(C)c2ccc(Oc3ccc(S(=O)(=O)c4ccc(C)cc4)c(C)c3)cc2)cc1. The van der Waals surface area contributed by atoms with Crippen molar-refractivity contribution in [3.05, 3.63) is 113 Å². The Kier molecular flexibility index (Phi) is 6.73. The molecule has 4 rings (SSSR count). The van der Waals surface area contributed by atoms with Crippen LogP contribution in [0.3, 0.4) is 0 Å². The van der Waals surface area contributed by atoms with Crippen LogP contribution in [0, 0.1) is 13.8 Å². The van der Waals surface area contributed by atoms with Crippen LogP contribution in [0.2, 0.25) is 0 Å². The van der Waals surface area contributed by atoms with Crippen molar-refractivity contribution in [1.82, 2.24) is 0 Å². The highest BCUT2D eigenvalue weighted by atomic mass is 32.2. The number of aryl methyl sites for hydroxylation is 2. The number of methoxy groups -OCH3 is 1. The van der Waals surface area contributed by atoms with Gasteiger partial charge in [0.15, 0.2) is 0 Å². The monoisotopic (exact) mass is 486 g/mol. The van der Waals surface area contributed by atoms with Gasteiger partial charge in [0.1, 0.15) is 17.2 Å². The van der Waals surface area contributed by atoms with Gasteiger partial charge in [-0.3, -0.25) is 0 Å². The lowest BCUT2D eigenvalue weighted by Crippen LogP contribution is -2.18. The molecule has 0 amide bonds. The molecule has 0 aliphatic heterocycles. The van der Waals surface area contributed by atoms with Crippen molar-refractivity contribution in [3.8, 4) is 17.2 Å². The first-order chi connectivity index (χ1) is 16.6. The summed E-state index contributed by atoms with van der Waals surface area (Å²) in [5, 5.41) is 0. The third-order valence-corrected chi connectivity index (χ3v) is 8.32. The number of hydrogen-bond donors (Lipinski definition) is 0. The minimum Gasteiger partial charge on any atom is -0.497 e. The molecule has 0 saturated heterocycles. The van der Waals surface area contributed by atoms with Crippen molar-refractivity contribution in [2.45, 2.75) is 42.9 Å². The molecule has 4 aromatic carbocycles. The molecule has 0 unspecified atom stereocenters. The van der Waals surface area contributed by atoms with E-state index < -0.39 is 9.84 Å². The number of rotatable bonds is 7. The highest BCUT2D eigenvalue weighted by Crippen LogP contribution is 2.34. The van der Waals surface area contributed by atoms with Gasteiger partial charge in [-0.1, -0.05) is 55.8 Å². The Bertz CT molecular complexity index is 1420. The van der Waals surface area contributed by atoms with Gasteiger partial charge < -0.3 is 9.47 Å². The Hall–Kier alpha value is -3.57. The predicted molar refractivity (Wildman–Crippen MR) is 139 cm³/mol. The van der Waals surface area contributed by atoms with Gasteiger partial charge in [0, 0.05) is 5.41 Å². The first-order valence-electron chi connectivity index (χ1n) is 11.5. The van der Waals surface area contributed by atoms with Gasteiger partial charge in [-0.15, -0.1) is 0 Å². The van der Waals surface area contributed by atoms with Crippen molar-refractivity contribution in [1.29, 1.82) is 0 Å². The van der Waals surface area contributed by atoms with Gasteiger partial charge >= 0.3 is 0 Å². The van der Waals surface area contributed by atoms with Crippen molar-refractivity contribution in [3.63, 3.8) is 0 Å². The molecule has 0 fully saturated rings. The molecule has 0 heterocycles. The Morgan fingerprint density at radius 1 is 0.657 bits per heavy atom. The highest BCUT2D eigenvalue weighted by molar-refractivity contribution is 7.91. The zero-order valence-corrected chi connectivity index (χ0v) is 21.5. The number of sulfone groups is 1. The van der Waals surface area contributed by atoms with Crippen LogP contribution in [0.25, 0.3) is 0 Å². The lowest BCUT2D eigenvalue weighted by Gasteiger charge is -2.26. The van der Waals surface area contributed by atoms with E-state index in [1.807, 2.05) is 31.2 Å². The Morgan fingerprint density at radius 3 is 1.69 bits per heavy atom. The summed E-state index contributed by atoms with van der Waals surface area (Å²) in [6, 6.07) is 28.1. The van der Waals surface area contributed by atoms with Crippen LogP contribution in [0.15, 0.2) is 101 Å². The molecule has 0 saturated carbocycles. The fourth-order valence-corrected chi connectivity index (χ4v) is 5.56. The molecule has 0 aromatic heterocycles. The molecule has 180 valence electrons. The maximum Gasteiger partial charge on any atom is 0.206 e. The van der Waals surface area contributed by atoms with E-state index >= 15 is 0 Å². The van der Waals surface area contributed by atoms with Gasteiger partial charge in [0.25, 0.3) is 0 Å².